The molecule has 0 aliphatic carbocycles. The van der Waals surface area contributed by atoms with E-state index in [4.69, 9.17) is 0 Å². The molecule has 0 heterocycles. The van der Waals surface area contributed by atoms with Gasteiger partial charge in [0, 0.05) is 13.1 Å². The second-order valence-corrected chi connectivity index (χ2v) is 4.68. The average molecular weight is 304 g/mol. The number of hydrogen-bond acceptors (Lipinski definition) is 5. The Hall–Kier alpha value is -3.09. The molecule has 6 N–H and O–H groups in total. The fourth-order valence-corrected chi connectivity index (χ4v) is 1.79. The summed E-state index contributed by atoms with van der Waals surface area (Å²) in [6, 6.07) is 8.11. The number of nitrogens with one attached hydrogen (secondary N) is 2. The zero-order chi connectivity index (χ0) is 16.1. The van der Waals surface area contributed by atoms with E-state index in [2.05, 4.69) is 10.6 Å². The minimum Gasteiger partial charge on any atom is -0.504 e. The van der Waals surface area contributed by atoms with Gasteiger partial charge in [-0.25, -0.2) is 4.79 Å². The first-order valence-corrected chi connectivity index (χ1v) is 6.49. The zero-order valence-corrected chi connectivity index (χ0v) is 11.6. The smallest absolute Gasteiger partial charge is 0.315 e. The van der Waals surface area contributed by atoms with Gasteiger partial charge in [-0.1, -0.05) is 12.1 Å². The van der Waals surface area contributed by atoms with Gasteiger partial charge in [0.25, 0.3) is 0 Å². The van der Waals surface area contributed by atoms with Gasteiger partial charge in [0.15, 0.2) is 23.0 Å². The lowest BCUT2D eigenvalue weighted by atomic mass is 10.2. The summed E-state index contributed by atoms with van der Waals surface area (Å²) in [6.45, 7) is 0.362. The predicted molar refractivity (Wildman–Crippen MR) is 78.6 cm³/mol. The van der Waals surface area contributed by atoms with E-state index in [9.17, 15) is 25.2 Å². The van der Waals surface area contributed by atoms with Crippen LogP contribution in [0.5, 0.6) is 23.0 Å². The van der Waals surface area contributed by atoms with Gasteiger partial charge in [-0.05, 0) is 35.4 Å². The van der Waals surface area contributed by atoms with Crippen LogP contribution in [0.15, 0.2) is 36.4 Å². The van der Waals surface area contributed by atoms with E-state index in [1.807, 2.05) is 0 Å². The van der Waals surface area contributed by atoms with Crippen LogP contribution in [-0.4, -0.2) is 26.5 Å². The van der Waals surface area contributed by atoms with Crippen molar-refractivity contribution in [3.63, 3.8) is 0 Å². The van der Waals surface area contributed by atoms with E-state index in [-0.39, 0.29) is 36.1 Å². The van der Waals surface area contributed by atoms with Gasteiger partial charge in [0.2, 0.25) is 0 Å². The molecule has 2 aromatic carbocycles. The van der Waals surface area contributed by atoms with E-state index in [0.29, 0.717) is 11.1 Å². The van der Waals surface area contributed by atoms with Gasteiger partial charge in [0.05, 0.1) is 0 Å². The molecule has 0 spiro atoms. The van der Waals surface area contributed by atoms with Crippen molar-refractivity contribution in [2.45, 2.75) is 13.1 Å². The van der Waals surface area contributed by atoms with Crippen molar-refractivity contribution in [3.8, 4) is 23.0 Å². The number of hydrogen-bond donors (Lipinski definition) is 6. The minimum absolute atomic E-state index is 0.181. The lowest BCUT2D eigenvalue weighted by molar-refractivity contribution is 0.240. The van der Waals surface area contributed by atoms with E-state index in [1.54, 1.807) is 12.1 Å². The number of rotatable bonds is 4. The molecule has 116 valence electrons. The van der Waals surface area contributed by atoms with Crippen LogP contribution in [0.4, 0.5) is 4.79 Å². The molecule has 7 nitrogen and oxygen atoms in total. The van der Waals surface area contributed by atoms with Crippen molar-refractivity contribution in [1.29, 1.82) is 0 Å². The maximum absolute atomic E-state index is 11.6. The number of urea groups is 1. The molecule has 2 aromatic rings. The first kappa shape index (κ1) is 15.3. The highest BCUT2D eigenvalue weighted by Gasteiger charge is 2.05. The van der Waals surface area contributed by atoms with E-state index in [0.717, 1.165) is 0 Å². The molecule has 0 aromatic heterocycles. The van der Waals surface area contributed by atoms with Crippen molar-refractivity contribution in [2.75, 3.05) is 0 Å². The normalized spacial score (nSPS) is 10.2. The number of benzene rings is 2. The molecule has 0 aliphatic heterocycles. The first-order valence-electron chi connectivity index (χ1n) is 6.49. The molecular weight excluding hydrogens is 288 g/mol. The average Bonchev–Trinajstić information content (AvgIpc) is 2.49. The van der Waals surface area contributed by atoms with Gasteiger partial charge >= 0.3 is 6.03 Å². The number of carbonyl (C=O) groups is 1. The molecule has 0 bridgehead atoms. The fourth-order valence-electron chi connectivity index (χ4n) is 1.79. The Kier molecular flexibility index (Phi) is 4.57. The van der Waals surface area contributed by atoms with Crippen molar-refractivity contribution < 1.29 is 25.2 Å². The molecule has 7 heteroatoms. The van der Waals surface area contributed by atoms with Crippen molar-refractivity contribution in [1.82, 2.24) is 10.6 Å². The summed E-state index contributed by atoms with van der Waals surface area (Å²) >= 11 is 0. The number of phenols is 4. The predicted octanol–water partition coefficient (Wildman–Crippen LogP) is 1.51. The quantitative estimate of drug-likeness (QED) is 0.478. The Labute approximate surface area is 126 Å². The summed E-state index contributed by atoms with van der Waals surface area (Å²) < 4.78 is 0. The van der Waals surface area contributed by atoms with Gasteiger partial charge in [0.1, 0.15) is 0 Å². The SMILES string of the molecule is O=C(NCc1ccc(O)c(O)c1)NCc1ccc(O)c(O)c1. The van der Waals surface area contributed by atoms with Crippen LogP contribution in [0.25, 0.3) is 0 Å². The Morgan fingerprint density at radius 2 is 1.14 bits per heavy atom. The van der Waals surface area contributed by atoms with Crippen molar-refractivity contribution in [2.24, 2.45) is 0 Å². The minimum atomic E-state index is -0.430. The summed E-state index contributed by atoms with van der Waals surface area (Å²) in [5, 5.41) is 42.2. The van der Waals surface area contributed by atoms with Gasteiger partial charge in [-0.15, -0.1) is 0 Å². The monoisotopic (exact) mass is 304 g/mol. The standard InChI is InChI=1S/C15H16N2O5/c18-11-3-1-9(5-13(11)20)7-16-15(22)17-8-10-2-4-12(19)14(21)6-10/h1-6,18-21H,7-8H2,(H2,16,17,22). The number of phenolic OH excluding ortho intramolecular Hbond substituents is 4. The summed E-state index contributed by atoms with van der Waals surface area (Å²) in [7, 11) is 0. The number of amides is 2. The highest BCUT2D eigenvalue weighted by molar-refractivity contribution is 5.73. The van der Waals surface area contributed by atoms with E-state index < -0.39 is 6.03 Å². The third-order valence-electron chi connectivity index (χ3n) is 2.99. The first-order chi connectivity index (χ1) is 10.5. The van der Waals surface area contributed by atoms with Crippen molar-refractivity contribution in [3.05, 3.63) is 47.5 Å². The van der Waals surface area contributed by atoms with E-state index in [1.165, 1.54) is 24.3 Å². The Morgan fingerprint density at radius 1 is 0.727 bits per heavy atom. The molecule has 0 radical (unpaired) electrons. The lowest BCUT2D eigenvalue weighted by Gasteiger charge is -2.09. The summed E-state index contributed by atoms with van der Waals surface area (Å²) in [6.07, 6.45) is 0. The fraction of sp³-hybridized carbons (Fsp3) is 0.133. The highest BCUT2D eigenvalue weighted by atomic mass is 16.3. The molecule has 0 atom stereocenters. The van der Waals surface area contributed by atoms with Gasteiger partial charge in [-0.2, -0.15) is 0 Å². The van der Waals surface area contributed by atoms with E-state index >= 15 is 0 Å². The maximum atomic E-state index is 11.6. The molecule has 0 saturated carbocycles. The number of carbonyl (C=O) groups excluding carboxylic acids is 1. The maximum Gasteiger partial charge on any atom is 0.315 e. The Balaban J connectivity index is 1.82. The highest BCUT2D eigenvalue weighted by Crippen LogP contribution is 2.25. The third-order valence-corrected chi connectivity index (χ3v) is 2.99. The second kappa shape index (κ2) is 6.57. The van der Waals surface area contributed by atoms with Gasteiger partial charge in [-0.3, -0.25) is 0 Å². The zero-order valence-electron chi connectivity index (χ0n) is 11.6. The number of aromatic hydroxyl groups is 4. The molecule has 0 aliphatic rings. The second-order valence-electron chi connectivity index (χ2n) is 4.68. The summed E-state index contributed by atoms with van der Waals surface area (Å²) in [4.78, 5) is 11.6. The summed E-state index contributed by atoms with van der Waals surface area (Å²) in [5.41, 5.74) is 1.26. The molecular formula is C15H16N2O5. The molecule has 0 fully saturated rings. The van der Waals surface area contributed by atoms with Crippen molar-refractivity contribution >= 4 is 6.03 Å². The van der Waals surface area contributed by atoms with Gasteiger partial charge < -0.3 is 31.1 Å². The topological polar surface area (TPSA) is 122 Å². The molecule has 0 unspecified atom stereocenters. The molecule has 22 heavy (non-hydrogen) atoms. The van der Waals surface area contributed by atoms with Crippen LogP contribution >= 0.6 is 0 Å². The third kappa shape index (κ3) is 3.95. The Morgan fingerprint density at radius 3 is 1.50 bits per heavy atom. The largest absolute Gasteiger partial charge is 0.504 e. The van der Waals surface area contributed by atoms with Crippen LogP contribution in [0.3, 0.4) is 0 Å². The van der Waals surface area contributed by atoms with Crippen LogP contribution in [-0.2, 0) is 13.1 Å². The van der Waals surface area contributed by atoms with Crippen LogP contribution < -0.4 is 10.6 Å². The molecule has 2 rings (SSSR count). The lowest BCUT2D eigenvalue weighted by Crippen LogP contribution is -2.34. The molecule has 2 amide bonds. The van der Waals surface area contributed by atoms with Crippen LogP contribution in [0.2, 0.25) is 0 Å². The molecule has 0 saturated heterocycles. The summed E-state index contributed by atoms with van der Waals surface area (Å²) in [5.74, 6) is -0.945. The van der Waals surface area contributed by atoms with Crippen LogP contribution in [0.1, 0.15) is 11.1 Å². The van der Waals surface area contributed by atoms with Crippen LogP contribution in [0, 0.1) is 0 Å². The Bertz CT molecular complexity index is 630.